The first kappa shape index (κ1) is 34.3. The van der Waals surface area contributed by atoms with Crippen molar-refractivity contribution in [3.8, 4) is 0 Å². The summed E-state index contributed by atoms with van der Waals surface area (Å²) >= 11 is 0. The quantitative estimate of drug-likeness (QED) is 0.410. The number of nitrogens with zero attached hydrogens (tertiary/aromatic N) is 2. The minimum atomic E-state index is -1.46. The zero-order valence-electron chi connectivity index (χ0n) is 28.0. The Morgan fingerprint density at radius 3 is 2.55 bits per heavy atom. The van der Waals surface area contributed by atoms with E-state index in [0.717, 1.165) is 24.8 Å². The molecule has 1 aromatic carbocycles. The van der Waals surface area contributed by atoms with E-state index in [4.69, 9.17) is 9.47 Å². The van der Waals surface area contributed by atoms with Crippen LogP contribution in [0.4, 0.5) is 9.59 Å². The van der Waals surface area contributed by atoms with E-state index in [2.05, 4.69) is 30.5 Å². The van der Waals surface area contributed by atoms with E-state index < -0.39 is 59.3 Å². The highest BCUT2D eigenvalue weighted by atomic mass is 16.6. The molecule has 1 aromatic rings. The third kappa shape index (κ3) is 7.73. The first-order valence-electron chi connectivity index (χ1n) is 16.7. The van der Waals surface area contributed by atoms with Crippen molar-refractivity contribution in [1.82, 2.24) is 20.4 Å². The number of nitrogens with one attached hydrogen (secondary N) is 2. The predicted molar refractivity (Wildman–Crippen MR) is 172 cm³/mol. The maximum absolute atomic E-state index is 14.2. The molecule has 3 heterocycles. The maximum Gasteiger partial charge on any atom is 0.410 e. The van der Waals surface area contributed by atoms with Crippen LogP contribution in [0, 0.1) is 5.92 Å². The molecule has 1 aliphatic carbocycles. The van der Waals surface area contributed by atoms with Crippen molar-refractivity contribution in [3.05, 3.63) is 47.5 Å². The highest BCUT2D eigenvalue weighted by Crippen LogP contribution is 2.45. The van der Waals surface area contributed by atoms with Gasteiger partial charge in [-0.3, -0.25) is 9.59 Å². The molecular weight excluding hydrogens is 604 g/mol. The summed E-state index contributed by atoms with van der Waals surface area (Å²) in [6, 6.07) is 5.88. The number of allylic oxidation sites excluding steroid dienone is 1. The molecular formula is C35H48N4O8. The molecule has 4 amide bonds. The number of carbonyl (C=O) groups excluding carboxylic acids is 4. The van der Waals surface area contributed by atoms with Gasteiger partial charge in [-0.15, -0.1) is 0 Å². The van der Waals surface area contributed by atoms with Gasteiger partial charge in [0.1, 0.15) is 29.3 Å². The van der Waals surface area contributed by atoms with Gasteiger partial charge in [0.15, 0.2) is 0 Å². The molecule has 3 N–H and O–H groups in total. The molecule has 0 spiro atoms. The summed E-state index contributed by atoms with van der Waals surface area (Å²) in [5.74, 6) is -2.64. The smallest absolute Gasteiger partial charge is 0.410 e. The average Bonchev–Trinajstić information content (AvgIpc) is 3.51. The lowest BCUT2D eigenvalue weighted by molar-refractivity contribution is -0.145. The van der Waals surface area contributed by atoms with Gasteiger partial charge in [-0.25, -0.2) is 14.4 Å². The largest absolute Gasteiger partial charge is 0.479 e. The van der Waals surface area contributed by atoms with Crippen LogP contribution in [-0.4, -0.2) is 87.3 Å². The van der Waals surface area contributed by atoms with Crippen LogP contribution >= 0.6 is 0 Å². The van der Waals surface area contributed by atoms with E-state index in [0.29, 0.717) is 25.9 Å². The fourth-order valence-electron chi connectivity index (χ4n) is 7.09. The lowest BCUT2D eigenvalue weighted by Crippen LogP contribution is -2.56. The van der Waals surface area contributed by atoms with Gasteiger partial charge in [-0.05, 0) is 57.6 Å². The summed E-state index contributed by atoms with van der Waals surface area (Å²) in [5, 5.41) is 15.5. The summed E-state index contributed by atoms with van der Waals surface area (Å²) in [4.78, 5) is 69.7. The highest BCUT2D eigenvalue weighted by Gasteiger charge is 2.61. The van der Waals surface area contributed by atoms with E-state index >= 15 is 0 Å². The van der Waals surface area contributed by atoms with Gasteiger partial charge in [0.25, 0.3) is 0 Å². The molecule has 0 radical (unpaired) electrons. The first-order valence-corrected chi connectivity index (χ1v) is 16.7. The summed E-state index contributed by atoms with van der Waals surface area (Å²) in [6.07, 6.45) is 5.22. The summed E-state index contributed by atoms with van der Waals surface area (Å²) in [5.41, 5.74) is -0.362. The number of aliphatic carboxylic acids is 1. The summed E-state index contributed by atoms with van der Waals surface area (Å²) in [7, 11) is 0. The topological polar surface area (TPSA) is 155 Å². The van der Waals surface area contributed by atoms with Crippen LogP contribution in [0.3, 0.4) is 0 Å². The van der Waals surface area contributed by atoms with E-state index in [1.165, 1.54) is 10.5 Å². The molecule has 256 valence electrons. The minimum Gasteiger partial charge on any atom is -0.479 e. The van der Waals surface area contributed by atoms with E-state index in [1.807, 2.05) is 30.4 Å². The van der Waals surface area contributed by atoms with Crippen molar-refractivity contribution in [2.24, 2.45) is 5.92 Å². The number of rotatable bonds is 3. The third-order valence-electron chi connectivity index (χ3n) is 9.53. The standard InChI is InChI=1S/C35H48N4O8/c1-33(2,3)47-31(44)36-26-16-10-8-6-7-9-14-23-18-35(23,30(42)43)37-28(40)27-17-24(20-39(27)29(26)41)46-32(45)38-19-22-13-11-12-15-25(22)34(4,5)21-38/h9,11-15,23-24,26-27H,6-8,10,16-21H2,1-5H3,(H,36,44)(H,37,40)(H,42,43)/b14-9-/t23-,24+,26-,27-,35+/m0/s1. The monoisotopic (exact) mass is 652 g/mol. The second-order valence-corrected chi connectivity index (χ2v) is 15.0. The molecule has 1 saturated heterocycles. The maximum atomic E-state index is 14.2. The Balaban J connectivity index is 1.38. The van der Waals surface area contributed by atoms with E-state index in [1.54, 1.807) is 25.7 Å². The zero-order chi connectivity index (χ0) is 34.1. The molecule has 12 nitrogen and oxygen atoms in total. The van der Waals surface area contributed by atoms with Crippen molar-refractivity contribution >= 4 is 30.0 Å². The fraction of sp³-hybridized carbons (Fsp3) is 0.629. The third-order valence-corrected chi connectivity index (χ3v) is 9.53. The Kier molecular flexibility index (Phi) is 9.62. The van der Waals surface area contributed by atoms with Crippen LogP contribution in [0.15, 0.2) is 36.4 Å². The number of carboxylic acids is 1. The van der Waals surface area contributed by atoms with Crippen LogP contribution in [0.2, 0.25) is 0 Å². The number of amides is 4. The van der Waals surface area contributed by atoms with Gasteiger partial charge < -0.3 is 35.0 Å². The van der Waals surface area contributed by atoms with Gasteiger partial charge in [-0.2, -0.15) is 0 Å². The van der Waals surface area contributed by atoms with Crippen molar-refractivity contribution in [1.29, 1.82) is 0 Å². The Hall–Kier alpha value is -4.09. The lowest BCUT2D eigenvalue weighted by Gasteiger charge is -2.39. The normalized spacial score (nSPS) is 29.9. The van der Waals surface area contributed by atoms with Crippen LogP contribution in [0.5, 0.6) is 0 Å². The zero-order valence-corrected chi connectivity index (χ0v) is 28.0. The first-order chi connectivity index (χ1) is 22.1. The average molecular weight is 653 g/mol. The number of hydrogen-bond acceptors (Lipinski definition) is 7. The number of benzene rings is 1. The van der Waals surface area contributed by atoms with Gasteiger partial charge in [-0.1, -0.05) is 63.1 Å². The van der Waals surface area contributed by atoms with E-state index in [-0.39, 0.29) is 30.7 Å². The molecule has 4 aliphatic rings. The lowest BCUT2D eigenvalue weighted by atomic mass is 9.78. The van der Waals surface area contributed by atoms with Crippen molar-refractivity contribution in [2.75, 3.05) is 13.1 Å². The Morgan fingerprint density at radius 1 is 1.09 bits per heavy atom. The summed E-state index contributed by atoms with van der Waals surface area (Å²) < 4.78 is 11.4. The van der Waals surface area contributed by atoms with Crippen molar-refractivity contribution in [2.45, 2.75) is 121 Å². The van der Waals surface area contributed by atoms with Gasteiger partial charge in [0, 0.05) is 30.8 Å². The molecule has 1 saturated carbocycles. The minimum absolute atomic E-state index is 0.00744. The van der Waals surface area contributed by atoms with E-state index in [9.17, 15) is 29.1 Å². The Labute approximate surface area is 276 Å². The second-order valence-electron chi connectivity index (χ2n) is 15.0. The van der Waals surface area contributed by atoms with Gasteiger partial charge >= 0.3 is 18.2 Å². The van der Waals surface area contributed by atoms with Crippen molar-refractivity contribution in [3.63, 3.8) is 0 Å². The second kappa shape index (κ2) is 13.2. The Bertz CT molecular complexity index is 1430. The molecule has 3 aliphatic heterocycles. The number of carbonyl (C=O) groups is 5. The Morgan fingerprint density at radius 2 is 1.83 bits per heavy atom. The molecule has 47 heavy (non-hydrogen) atoms. The SMILES string of the molecule is CC(C)(C)OC(=O)N[C@H]1CCCCC/C=C\[C@H]2C[C@@]2(C(=O)O)NC(=O)[C@@H]2C[C@@H](OC(=O)N3Cc4ccccc4C(C)(C)C3)CN2C1=O. The van der Waals surface area contributed by atoms with Crippen LogP contribution in [0.25, 0.3) is 0 Å². The molecule has 5 rings (SSSR count). The molecule has 0 bridgehead atoms. The number of ether oxygens (including phenoxy) is 2. The summed E-state index contributed by atoms with van der Waals surface area (Å²) in [6.45, 7) is 10.0. The number of fused-ring (bicyclic) bond motifs is 3. The molecule has 12 heteroatoms. The molecule has 0 aromatic heterocycles. The number of alkyl carbamates (subject to hydrolysis) is 1. The predicted octanol–water partition coefficient (Wildman–Crippen LogP) is 4.26. The fourth-order valence-corrected chi connectivity index (χ4v) is 7.09. The van der Waals surface area contributed by atoms with Crippen LogP contribution in [0.1, 0.15) is 90.7 Å². The number of hydrogen-bond donors (Lipinski definition) is 3. The van der Waals surface area contributed by atoms with Crippen LogP contribution in [-0.2, 0) is 35.8 Å². The number of carboxylic acid groups (broad SMARTS) is 1. The van der Waals surface area contributed by atoms with Gasteiger partial charge in [0.2, 0.25) is 11.8 Å². The highest BCUT2D eigenvalue weighted by molar-refractivity contribution is 5.96. The van der Waals surface area contributed by atoms with Crippen molar-refractivity contribution < 1.29 is 38.6 Å². The molecule has 0 unspecified atom stereocenters. The molecule has 5 atom stereocenters. The molecule has 2 fully saturated rings. The van der Waals surface area contributed by atoms with Crippen LogP contribution < -0.4 is 10.6 Å². The van der Waals surface area contributed by atoms with Gasteiger partial charge in [0.05, 0.1) is 6.54 Å².